The van der Waals surface area contributed by atoms with Crippen LogP contribution < -0.4 is 4.74 Å². The van der Waals surface area contributed by atoms with Gasteiger partial charge in [0.05, 0.1) is 6.20 Å². The van der Waals surface area contributed by atoms with Gasteiger partial charge in [-0.3, -0.25) is 14.4 Å². The number of aliphatic carboxylic acids is 1. The Labute approximate surface area is 147 Å². The molecule has 0 unspecified atom stereocenters. The minimum absolute atomic E-state index is 0.0462. The van der Waals surface area contributed by atoms with E-state index in [-0.39, 0.29) is 12.5 Å². The van der Waals surface area contributed by atoms with Crippen molar-refractivity contribution in [1.82, 2.24) is 14.7 Å². The molecule has 0 radical (unpaired) electrons. The standard InChI is InChI=1S/C19H23N3O3/c1-13(2)22-9-14(7-20-22)8-21-10-16-15-5-3-4-6-17(15)25-12-19(16,11-21)18(23)24/h3-7,9,13,16H,8,10-12H2,1-2H3,(H,23,24)/t16-,19-/m1/s1. The fourth-order valence-electron chi connectivity index (χ4n) is 4.05. The average Bonchev–Trinajstić information content (AvgIpc) is 3.20. The lowest BCUT2D eigenvalue weighted by atomic mass is 9.73. The third-order valence-electron chi connectivity index (χ3n) is 5.41. The maximum absolute atomic E-state index is 12.1. The van der Waals surface area contributed by atoms with Crippen molar-refractivity contribution in [2.45, 2.75) is 32.4 Å². The van der Waals surface area contributed by atoms with Crippen molar-refractivity contribution in [2.24, 2.45) is 5.41 Å². The van der Waals surface area contributed by atoms with Gasteiger partial charge in [0, 0.05) is 43.4 Å². The van der Waals surface area contributed by atoms with E-state index in [2.05, 4.69) is 23.8 Å². The van der Waals surface area contributed by atoms with Gasteiger partial charge < -0.3 is 9.84 Å². The highest BCUT2D eigenvalue weighted by Gasteiger charge is 2.56. The molecule has 1 aromatic heterocycles. The van der Waals surface area contributed by atoms with Gasteiger partial charge in [-0.25, -0.2) is 0 Å². The van der Waals surface area contributed by atoms with E-state index in [1.807, 2.05) is 41.3 Å². The molecule has 6 nitrogen and oxygen atoms in total. The van der Waals surface area contributed by atoms with Crippen LogP contribution in [0.5, 0.6) is 5.75 Å². The molecule has 0 amide bonds. The summed E-state index contributed by atoms with van der Waals surface area (Å²) in [5.41, 5.74) is 1.25. The molecule has 1 aromatic carbocycles. The topological polar surface area (TPSA) is 67.6 Å². The van der Waals surface area contributed by atoms with Crippen molar-refractivity contribution in [1.29, 1.82) is 0 Å². The molecule has 25 heavy (non-hydrogen) atoms. The van der Waals surface area contributed by atoms with Crippen LogP contribution in [0.4, 0.5) is 0 Å². The fourth-order valence-corrected chi connectivity index (χ4v) is 4.05. The van der Waals surface area contributed by atoms with Crippen LogP contribution >= 0.6 is 0 Å². The Bertz CT molecular complexity index is 801. The normalized spacial score (nSPS) is 25.5. The fraction of sp³-hybridized carbons (Fsp3) is 0.474. The van der Waals surface area contributed by atoms with Crippen LogP contribution in [0.3, 0.4) is 0 Å². The smallest absolute Gasteiger partial charge is 0.315 e. The third-order valence-corrected chi connectivity index (χ3v) is 5.41. The largest absolute Gasteiger partial charge is 0.492 e. The van der Waals surface area contributed by atoms with E-state index in [9.17, 15) is 9.90 Å². The first-order valence-electron chi connectivity index (χ1n) is 8.70. The van der Waals surface area contributed by atoms with Crippen molar-refractivity contribution in [3.63, 3.8) is 0 Å². The Hall–Kier alpha value is -2.34. The second-order valence-corrected chi connectivity index (χ2v) is 7.43. The second kappa shape index (κ2) is 5.88. The molecule has 1 fully saturated rings. The van der Waals surface area contributed by atoms with Crippen molar-refractivity contribution >= 4 is 5.97 Å². The lowest BCUT2D eigenvalue weighted by molar-refractivity contribution is -0.151. The van der Waals surface area contributed by atoms with E-state index in [1.54, 1.807) is 0 Å². The molecule has 1 saturated heterocycles. The highest BCUT2D eigenvalue weighted by molar-refractivity contribution is 5.78. The number of carboxylic acid groups (broad SMARTS) is 1. The summed E-state index contributed by atoms with van der Waals surface area (Å²) in [6.45, 7) is 6.34. The first kappa shape index (κ1) is 16.1. The molecule has 3 heterocycles. The minimum atomic E-state index is -0.873. The van der Waals surface area contributed by atoms with Crippen LogP contribution in [0, 0.1) is 5.41 Å². The monoisotopic (exact) mass is 341 g/mol. The Morgan fingerprint density at radius 1 is 1.44 bits per heavy atom. The zero-order valence-corrected chi connectivity index (χ0v) is 14.6. The Morgan fingerprint density at radius 2 is 2.24 bits per heavy atom. The van der Waals surface area contributed by atoms with Gasteiger partial charge in [-0.05, 0) is 25.5 Å². The zero-order valence-electron chi connectivity index (χ0n) is 14.6. The van der Waals surface area contributed by atoms with E-state index in [4.69, 9.17) is 4.74 Å². The Morgan fingerprint density at radius 3 is 2.96 bits per heavy atom. The maximum atomic E-state index is 12.1. The van der Waals surface area contributed by atoms with E-state index in [0.717, 1.165) is 23.4 Å². The van der Waals surface area contributed by atoms with Crippen LogP contribution in [0.25, 0.3) is 0 Å². The van der Waals surface area contributed by atoms with E-state index < -0.39 is 11.4 Å². The predicted molar refractivity (Wildman–Crippen MR) is 92.6 cm³/mol. The van der Waals surface area contributed by atoms with Gasteiger partial charge in [-0.15, -0.1) is 0 Å². The Balaban J connectivity index is 1.61. The number of hydrogen-bond donors (Lipinski definition) is 1. The van der Waals surface area contributed by atoms with Gasteiger partial charge in [-0.1, -0.05) is 18.2 Å². The number of nitrogens with zero attached hydrogens (tertiary/aromatic N) is 3. The summed E-state index contributed by atoms with van der Waals surface area (Å²) in [5.74, 6) is 0.00123. The van der Waals surface area contributed by atoms with Crippen LogP contribution in [0.15, 0.2) is 36.7 Å². The summed E-state index contributed by atoms with van der Waals surface area (Å²) in [7, 11) is 0. The summed E-state index contributed by atoms with van der Waals surface area (Å²) in [4.78, 5) is 14.4. The number of aromatic nitrogens is 2. The number of para-hydroxylation sites is 1. The van der Waals surface area contributed by atoms with Crippen molar-refractivity contribution < 1.29 is 14.6 Å². The SMILES string of the molecule is CC(C)n1cc(CN2C[C@@H]3c4ccccc4OC[C@]3(C(=O)O)C2)cn1. The van der Waals surface area contributed by atoms with Crippen molar-refractivity contribution in [2.75, 3.05) is 19.7 Å². The molecular formula is C19H23N3O3. The molecule has 6 heteroatoms. The third kappa shape index (κ3) is 2.61. The number of rotatable bonds is 4. The van der Waals surface area contributed by atoms with Gasteiger partial charge in [0.15, 0.2) is 0 Å². The first-order chi connectivity index (χ1) is 12.0. The van der Waals surface area contributed by atoms with Crippen LogP contribution in [0.1, 0.15) is 36.9 Å². The van der Waals surface area contributed by atoms with Gasteiger partial charge >= 0.3 is 5.97 Å². The molecule has 0 aliphatic carbocycles. The summed E-state index contributed by atoms with van der Waals surface area (Å²) < 4.78 is 7.75. The molecule has 0 bridgehead atoms. The molecule has 0 spiro atoms. The average molecular weight is 341 g/mol. The zero-order chi connectivity index (χ0) is 17.6. The first-order valence-corrected chi connectivity index (χ1v) is 8.70. The number of fused-ring (bicyclic) bond motifs is 3. The number of ether oxygens (including phenoxy) is 1. The van der Waals surface area contributed by atoms with Crippen LogP contribution in [0.2, 0.25) is 0 Å². The number of likely N-dealkylation sites (tertiary alicyclic amines) is 1. The van der Waals surface area contributed by atoms with Gasteiger partial charge in [0.25, 0.3) is 0 Å². The van der Waals surface area contributed by atoms with E-state index in [1.165, 1.54) is 0 Å². The molecule has 132 valence electrons. The predicted octanol–water partition coefficient (Wildman–Crippen LogP) is 2.53. The highest BCUT2D eigenvalue weighted by Crippen LogP contribution is 2.49. The van der Waals surface area contributed by atoms with Crippen molar-refractivity contribution in [3.8, 4) is 5.75 Å². The molecule has 2 aromatic rings. The van der Waals surface area contributed by atoms with Crippen LogP contribution in [-0.4, -0.2) is 45.5 Å². The molecule has 0 saturated carbocycles. The maximum Gasteiger partial charge on any atom is 0.315 e. The van der Waals surface area contributed by atoms with E-state index >= 15 is 0 Å². The summed E-state index contributed by atoms with van der Waals surface area (Å²) in [6, 6.07) is 8.13. The summed E-state index contributed by atoms with van der Waals surface area (Å²) in [6.07, 6.45) is 3.92. The number of carboxylic acids is 1. The Kier molecular flexibility index (Phi) is 3.80. The van der Waals surface area contributed by atoms with Crippen molar-refractivity contribution in [3.05, 3.63) is 47.8 Å². The second-order valence-electron chi connectivity index (χ2n) is 7.43. The molecule has 4 rings (SSSR count). The number of benzene rings is 1. The van der Waals surface area contributed by atoms with Gasteiger partial charge in [0.1, 0.15) is 17.8 Å². The van der Waals surface area contributed by atoms with Gasteiger partial charge in [0.2, 0.25) is 0 Å². The molecule has 1 N–H and O–H groups in total. The lowest BCUT2D eigenvalue weighted by Gasteiger charge is -2.35. The number of hydrogen-bond acceptors (Lipinski definition) is 4. The quantitative estimate of drug-likeness (QED) is 0.925. The summed E-state index contributed by atoms with van der Waals surface area (Å²) in [5, 5.41) is 14.3. The van der Waals surface area contributed by atoms with E-state index in [0.29, 0.717) is 19.1 Å². The molecule has 2 aliphatic heterocycles. The summed E-state index contributed by atoms with van der Waals surface area (Å²) >= 11 is 0. The number of carbonyl (C=O) groups is 1. The molecular weight excluding hydrogens is 318 g/mol. The van der Waals surface area contributed by atoms with Crippen LogP contribution in [-0.2, 0) is 11.3 Å². The lowest BCUT2D eigenvalue weighted by Crippen LogP contribution is -2.45. The molecule has 2 atom stereocenters. The minimum Gasteiger partial charge on any atom is -0.492 e. The molecule has 2 aliphatic rings. The van der Waals surface area contributed by atoms with Gasteiger partial charge in [-0.2, -0.15) is 5.10 Å². The highest BCUT2D eigenvalue weighted by atomic mass is 16.5.